The number of fused-ring (bicyclic) bond motifs is 1. The molecule has 1 N–H and O–H groups in total. The average Bonchev–Trinajstić information content (AvgIpc) is 2.87. The molecule has 0 fully saturated rings. The summed E-state index contributed by atoms with van der Waals surface area (Å²) in [7, 11) is 0. The molecule has 0 saturated carbocycles. The lowest BCUT2D eigenvalue weighted by Crippen LogP contribution is -2.35. The number of hydrogen-bond donors (Lipinski definition) is 1. The predicted octanol–water partition coefficient (Wildman–Crippen LogP) is 3.20. The van der Waals surface area contributed by atoms with Gasteiger partial charge in [-0.3, -0.25) is 4.79 Å². The molecular weight excluding hydrogens is 338 g/mol. The average molecular weight is 352 g/mol. The number of benzene rings is 1. The number of rotatable bonds is 2. The molecule has 1 aliphatic heterocycles. The predicted molar refractivity (Wildman–Crippen MR) is 82.8 cm³/mol. The summed E-state index contributed by atoms with van der Waals surface area (Å²) in [4.78, 5) is 15.9. The van der Waals surface area contributed by atoms with Crippen molar-refractivity contribution in [2.45, 2.75) is 19.6 Å². The first kappa shape index (κ1) is 13.8. The van der Waals surface area contributed by atoms with Gasteiger partial charge in [0.1, 0.15) is 0 Å². The molecular formula is C15H14BrNO2S. The lowest BCUT2D eigenvalue weighted by Gasteiger charge is -2.28. The van der Waals surface area contributed by atoms with Gasteiger partial charge in [0.2, 0.25) is 0 Å². The Kier molecular flexibility index (Phi) is 3.92. The summed E-state index contributed by atoms with van der Waals surface area (Å²) < 4.78 is 0.811. The molecule has 1 aliphatic rings. The van der Waals surface area contributed by atoms with Crippen molar-refractivity contribution in [3.63, 3.8) is 0 Å². The van der Waals surface area contributed by atoms with Crippen LogP contribution in [0.15, 0.2) is 34.8 Å². The highest BCUT2D eigenvalue weighted by Crippen LogP contribution is 2.29. The largest absolute Gasteiger partial charge is 0.391 e. The van der Waals surface area contributed by atoms with Crippen LogP contribution >= 0.6 is 27.3 Å². The topological polar surface area (TPSA) is 40.5 Å². The van der Waals surface area contributed by atoms with Crippen LogP contribution in [0.3, 0.4) is 0 Å². The van der Waals surface area contributed by atoms with Crippen LogP contribution in [-0.2, 0) is 19.6 Å². The SMILES string of the molecule is O=C(c1cc(Br)c(CO)s1)N1CCc2ccccc2C1. The normalized spacial score (nSPS) is 14.2. The molecule has 0 radical (unpaired) electrons. The molecule has 1 amide bonds. The summed E-state index contributed by atoms with van der Waals surface area (Å²) in [6, 6.07) is 10.1. The highest BCUT2D eigenvalue weighted by Gasteiger charge is 2.23. The quantitative estimate of drug-likeness (QED) is 0.902. The summed E-state index contributed by atoms with van der Waals surface area (Å²) in [5, 5.41) is 9.21. The van der Waals surface area contributed by atoms with Crippen LogP contribution in [0.1, 0.15) is 25.7 Å². The Hall–Kier alpha value is -1.17. The van der Waals surface area contributed by atoms with Crippen molar-refractivity contribution in [1.82, 2.24) is 4.90 Å². The van der Waals surface area contributed by atoms with Gasteiger partial charge in [-0.2, -0.15) is 0 Å². The minimum absolute atomic E-state index is 0.0403. The molecule has 0 spiro atoms. The Morgan fingerprint density at radius 3 is 2.80 bits per heavy atom. The van der Waals surface area contributed by atoms with Crippen molar-refractivity contribution in [3.8, 4) is 0 Å². The maximum absolute atomic E-state index is 12.5. The zero-order chi connectivity index (χ0) is 14.1. The van der Waals surface area contributed by atoms with Crippen LogP contribution in [0.25, 0.3) is 0 Å². The minimum Gasteiger partial charge on any atom is -0.391 e. The van der Waals surface area contributed by atoms with Crippen LogP contribution in [0.4, 0.5) is 0 Å². The zero-order valence-corrected chi connectivity index (χ0v) is 13.2. The van der Waals surface area contributed by atoms with Gasteiger partial charge in [-0.05, 0) is 39.5 Å². The van der Waals surface area contributed by atoms with Crippen molar-refractivity contribution < 1.29 is 9.90 Å². The van der Waals surface area contributed by atoms with Gasteiger partial charge in [-0.1, -0.05) is 24.3 Å². The van der Waals surface area contributed by atoms with E-state index in [1.54, 1.807) is 6.07 Å². The van der Waals surface area contributed by atoms with Crippen LogP contribution < -0.4 is 0 Å². The van der Waals surface area contributed by atoms with Crippen molar-refractivity contribution >= 4 is 33.2 Å². The summed E-state index contributed by atoms with van der Waals surface area (Å²) in [6.07, 6.45) is 0.904. The first-order chi connectivity index (χ1) is 9.69. The molecule has 0 aliphatic carbocycles. The molecule has 2 heterocycles. The van der Waals surface area contributed by atoms with E-state index in [-0.39, 0.29) is 12.5 Å². The third kappa shape index (κ3) is 2.53. The second-order valence-electron chi connectivity index (χ2n) is 4.79. The van der Waals surface area contributed by atoms with Crippen molar-refractivity contribution in [3.05, 3.63) is 55.7 Å². The highest BCUT2D eigenvalue weighted by atomic mass is 79.9. The van der Waals surface area contributed by atoms with E-state index in [0.717, 1.165) is 22.3 Å². The number of carbonyl (C=O) groups excluding carboxylic acids is 1. The molecule has 0 unspecified atom stereocenters. The van der Waals surface area contributed by atoms with E-state index >= 15 is 0 Å². The van der Waals surface area contributed by atoms with Gasteiger partial charge in [0.05, 0.1) is 11.5 Å². The van der Waals surface area contributed by atoms with E-state index in [4.69, 9.17) is 0 Å². The Bertz CT molecular complexity index is 653. The number of hydrogen-bond acceptors (Lipinski definition) is 3. The third-order valence-electron chi connectivity index (χ3n) is 3.53. The van der Waals surface area contributed by atoms with Crippen LogP contribution in [0, 0.1) is 0 Å². The van der Waals surface area contributed by atoms with E-state index in [1.807, 2.05) is 17.0 Å². The van der Waals surface area contributed by atoms with Gasteiger partial charge in [0, 0.05) is 22.4 Å². The molecule has 0 atom stereocenters. The highest BCUT2D eigenvalue weighted by molar-refractivity contribution is 9.10. The van der Waals surface area contributed by atoms with Gasteiger partial charge in [0.15, 0.2) is 0 Å². The van der Waals surface area contributed by atoms with Crippen molar-refractivity contribution in [2.24, 2.45) is 0 Å². The third-order valence-corrected chi connectivity index (χ3v) is 5.61. The van der Waals surface area contributed by atoms with Crippen LogP contribution in [0.5, 0.6) is 0 Å². The molecule has 3 rings (SSSR count). The molecule has 104 valence electrons. The minimum atomic E-state index is -0.0403. The van der Waals surface area contributed by atoms with Gasteiger partial charge < -0.3 is 10.0 Å². The van der Waals surface area contributed by atoms with Crippen LogP contribution in [-0.4, -0.2) is 22.5 Å². The Labute approximate surface area is 130 Å². The van der Waals surface area contributed by atoms with E-state index in [2.05, 4.69) is 28.1 Å². The van der Waals surface area contributed by atoms with Crippen molar-refractivity contribution in [1.29, 1.82) is 0 Å². The fraction of sp³-hybridized carbons (Fsp3) is 0.267. The Balaban J connectivity index is 1.82. The summed E-state index contributed by atoms with van der Waals surface area (Å²) in [5.41, 5.74) is 2.56. The summed E-state index contributed by atoms with van der Waals surface area (Å²) in [5.74, 6) is 0.0462. The number of aliphatic hydroxyl groups excluding tert-OH is 1. The number of thiophene rings is 1. The maximum atomic E-state index is 12.5. The number of amides is 1. The van der Waals surface area contributed by atoms with E-state index in [0.29, 0.717) is 11.4 Å². The second-order valence-corrected chi connectivity index (χ2v) is 6.78. The molecule has 0 bridgehead atoms. The molecule has 0 saturated heterocycles. The number of nitrogens with zero attached hydrogens (tertiary/aromatic N) is 1. The van der Waals surface area contributed by atoms with Gasteiger partial charge in [-0.25, -0.2) is 0 Å². The second kappa shape index (κ2) is 5.68. The first-order valence-electron chi connectivity index (χ1n) is 6.44. The summed E-state index contributed by atoms with van der Waals surface area (Å²) in [6.45, 7) is 1.38. The molecule has 3 nitrogen and oxygen atoms in total. The first-order valence-corrected chi connectivity index (χ1v) is 8.05. The monoisotopic (exact) mass is 351 g/mol. The van der Waals surface area contributed by atoms with Crippen molar-refractivity contribution in [2.75, 3.05) is 6.54 Å². The molecule has 1 aromatic heterocycles. The van der Waals surface area contributed by atoms with Gasteiger partial charge in [-0.15, -0.1) is 11.3 Å². The Morgan fingerprint density at radius 1 is 1.35 bits per heavy atom. The number of halogens is 1. The molecule has 1 aromatic carbocycles. The Morgan fingerprint density at radius 2 is 2.10 bits per heavy atom. The lowest BCUT2D eigenvalue weighted by molar-refractivity contribution is 0.0739. The zero-order valence-electron chi connectivity index (χ0n) is 10.8. The lowest BCUT2D eigenvalue weighted by atomic mass is 10.00. The fourth-order valence-electron chi connectivity index (χ4n) is 2.44. The summed E-state index contributed by atoms with van der Waals surface area (Å²) >= 11 is 4.73. The molecule has 5 heteroatoms. The smallest absolute Gasteiger partial charge is 0.264 e. The number of aliphatic hydroxyl groups is 1. The number of carbonyl (C=O) groups is 1. The van der Waals surface area contributed by atoms with E-state index < -0.39 is 0 Å². The van der Waals surface area contributed by atoms with Crippen LogP contribution in [0.2, 0.25) is 0 Å². The fourth-order valence-corrected chi connectivity index (χ4v) is 4.07. The van der Waals surface area contributed by atoms with E-state index in [1.165, 1.54) is 22.5 Å². The molecule has 20 heavy (non-hydrogen) atoms. The maximum Gasteiger partial charge on any atom is 0.264 e. The van der Waals surface area contributed by atoms with Gasteiger partial charge >= 0.3 is 0 Å². The van der Waals surface area contributed by atoms with E-state index in [9.17, 15) is 9.90 Å². The molecule has 2 aromatic rings. The van der Waals surface area contributed by atoms with Gasteiger partial charge in [0.25, 0.3) is 5.91 Å². The standard InChI is InChI=1S/C15H14BrNO2S/c16-12-7-13(20-14(12)9-18)15(19)17-6-5-10-3-1-2-4-11(10)8-17/h1-4,7,18H,5-6,8-9H2.